The van der Waals surface area contributed by atoms with Crippen LogP contribution in [0.4, 0.5) is 10.1 Å². The average Bonchev–Trinajstić information content (AvgIpc) is 2.72. The number of benzene rings is 2. The summed E-state index contributed by atoms with van der Waals surface area (Å²) in [4.78, 5) is 38.8. The van der Waals surface area contributed by atoms with Gasteiger partial charge in [0.2, 0.25) is 0 Å². The fraction of sp³-hybridized carbons (Fsp3) is 0.318. The van der Waals surface area contributed by atoms with Gasteiger partial charge in [-0.3, -0.25) is 14.4 Å². The monoisotopic (exact) mass is 414 g/mol. The minimum absolute atomic E-state index is 0.0627. The molecule has 2 aromatic carbocycles. The van der Waals surface area contributed by atoms with Crippen LogP contribution in [0.2, 0.25) is 0 Å². The molecule has 1 fully saturated rings. The number of hydrogen-bond acceptors (Lipinski definition) is 4. The first-order valence-corrected chi connectivity index (χ1v) is 9.81. The molecule has 0 unspecified atom stereocenters. The van der Waals surface area contributed by atoms with Crippen molar-refractivity contribution >= 4 is 23.3 Å². The number of piperazine rings is 1. The molecule has 0 bridgehead atoms. The van der Waals surface area contributed by atoms with E-state index in [1.807, 2.05) is 0 Å². The fourth-order valence-electron chi connectivity index (χ4n) is 3.29. The number of ketones is 1. The molecule has 1 saturated heterocycles. The fourth-order valence-corrected chi connectivity index (χ4v) is 3.29. The molecule has 8 heteroatoms. The molecular weight excluding hydrogens is 389 g/mol. The van der Waals surface area contributed by atoms with Gasteiger partial charge in [-0.1, -0.05) is 18.2 Å². The highest BCUT2D eigenvalue weighted by atomic mass is 19.1. The summed E-state index contributed by atoms with van der Waals surface area (Å²) >= 11 is 0. The van der Waals surface area contributed by atoms with Crippen molar-refractivity contribution in [1.82, 2.24) is 4.90 Å². The molecular formula is C22H25FN3O4+. The van der Waals surface area contributed by atoms with Crippen molar-refractivity contribution in [2.45, 2.75) is 6.92 Å². The zero-order valence-electron chi connectivity index (χ0n) is 16.8. The summed E-state index contributed by atoms with van der Waals surface area (Å²) in [5.74, 6) is -0.306. The Balaban J connectivity index is 1.41. The van der Waals surface area contributed by atoms with E-state index in [1.165, 1.54) is 19.1 Å². The lowest BCUT2D eigenvalue weighted by Crippen LogP contribution is -3.15. The summed E-state index contributed by atoms with van der Waals surface area (Å²) in [5, 5.41) is 2.69. The number of nitrogens with zero attached hydrogens (tertiary/aromatic N) is 1. The molecule has 0 radical (unpaired) electrons. The lowest BCUT2D eigenvalue weighted by molar-refractivity contribution is -0.895. The van der Waals surface area contributed by atoms with Crippen LogP contribution in [0.15, 0.2) is 48.5 Å². The molecule has 1 aliphatic heterocycles. The third kappa shape index (κ3) is 6.12. The highest BCUT2D eigenvalue weighted by Crippen LogP contribution is 2.14. The van der Waals surface area contributed by atoms with Crippen molar-refractivity contribution in [2.75, 3.05) is 44.6 Å². The van der Waals surface area contributed by atoms with Gasteiger partial charge in [-0.2, -0.15) is 0 Å². The number of quaternary nitrogens is 1. The van der Waals surface area contributed by atoms with E-state index in [4.69, 9.17) is 4.74 Å². The number of carbonyl (C=O) groups is 3. The van der Waals surface area contributed by atoms with E-state index in [9.17, 15) is 18.8 Å². The van der Waals surface area contributed by atoms with Gasteiger partial charge in [0.25, 0.3) is 11.8 Å². The summed E-state index contributed by atoms with van der Waals surface area (Å²) in [6.45, 7) is 3.97. The van der Waals surface area contributed by atoms with Crippen molar-refractivity contribution in [1.29, 1.82) is 0 Å². The summed E-state index contributed by atoms with van der Waals surface area (Å²) < 4.78 is 18.7. The molecule has 2 aromatic rings. The Kier molecular flexibility index (Phi) is 7.13. The molecule has 3 rings (SSSR count). The molecule has 1 aliphatic rings. The average molecular weight is 414 g/mol. The first-order chi connectivity index (χ1) is 14.4. The lowest BCUT2D eigenvalue weighted by atomic mass is 10.1. The first kappa shape index (κ1) is 21.4. The van der Waals surface area contributed by atoms with Crippen LogP contribution in [0.25, 0.3) is 0 Å². The Hall–Kier alpha value is -3.26. The molecule has 30 heavy (non-hydrogen) atoms. The van der Waals surface area contributed by atoms with Crippen LogP contribution >= 0.6 is 0 Å². The maximum Gasteiger partial charge on any atom is 0.279 e. The van der Waals surface area contributed by atoms with Gasteiger partial charge >= 0.3 is 0 Å². The number of amides is 2. The van der Waals surface area contributed by atoms with Crippen LogP contribution in [0.5, 0.6) is 5.75 Å². The topological polar surface area (TPSA) is 80.2 Å². The number of hydrogen-bond donors (Lipinski definition) is 2. The SMILES string of the molecule is CC(=O)c1cccc(OCC(=O)N2CC[NH+](CC(=O)Nc3cccc(F)c3)CC2)c1. The van der Waals surface area contributed by atoms with Gasteiger partial charge in [-0.05, 0) is 37.3 Å². The number of ether oxygens (including phenoxy) is 1. The molecule has 0 spiro atoms. The maximum absolute atomic E-state index is 13.2. The Morgan fingerprint density at radius 2 is 1.83 bits per heavy atom. The predicted molar refractivity (Wildman–Crippen MR) is 109 cm³/mol. The van der Waals surface area contributed by atoms with E-state index in [2.05, 4.69) is 5.32 Å². The molecule has 0 saturated carbocycles. The van der Waals surface area contributed by atoms with Crippen molar-refractivity contribution in [3.63, 3.8) is 0 Å². The van der Waals surface area contributed by atoms with Crippen LogP contribution in [0.3, 0.4) is 0 Å². The normalized spacial score (nSPS) is 14.3. The van der Waals surface area contributed by atoms with Gasteiger partial charge in [-0.15, -0.1) is 0 Å². The number of rotatable bonds is 7. The molecule has 158 valence electrons. The van der Waals surface area contributed by atoms with Crippen LogP contribution in [-0.2, 0) is 9.59 Å². The molecule has 0 aliphatic carbocycles. The number of anilines is 1. The summed E-state index contributed by atoms with van der Waals surface area (Å²) in [5.41, 5.74) is 0.966. The standard InChI is InChI=1S/C22H24FN3O4/c1-16(27)17-4-2-7-20(12-17)30-15-22(29)26-10-8-25(9-11-26)14-21(28)24-19-6-3-5-18(23)13-19/h2-7,12-13H,8-11,14-15H2,1H3,(H,24,28)/p+1. The second-order valence-electron chi connectivity index (χ2n) is 7.24. The Morgan fingerprint density at radius 1 is 1.10 bits per heavy atom. The Bertz CT molecular complexity index is 926. The lowest BCUT2D eigenvalue weighted by Gasteiger charge is -2.31. The Morgan fingerprint density at radius 3 is 2.53 bits per heavy atom. The number of nitrogens with one attached hydrogen (secondary N) is 2. The maximum atomic E-state index is 13.2. The second kappa shape index (κ2) is 9.98. The predicted octanol–water partition coefficient (Wildman–Crippen LogP) is 0.773. The van der Waals surface area contributed by atoms with Gasteiger partial charge in [0, 0.05) is 11.3 Å². The highest BCUT2D eigenvalue weighted by Gasteiger charge is 2.25. The molecule has 2 N–H and O–H groups in total. The van der Waals surface area contributed by atoms with Gasteiger partial charge in [0.05, 0.1) is 26.2 Å². The highest BCUT2D eigenvalue weighted by molar-refractivity contribution is 5.94. The van der Waals surface area contributed by atoms with E-state index >= 15 is 0 Å². The van der Waals surface area contributed by atoms with E-state index in [1.54, 1.807) is 41.3 Å². The van der Waals surface area contributed by atoms with Gasteiger partial charge in [0.15, 0.2) is 18.9 Å². The van der Waals surface area contributed by atoms with Crippen LogP contribution < -0.4 is 15.0 Å². The van der Waals surface area contributed by atoms with Gasteiger partial charge in [0.1, 0.15) is 11.6 Å². The van der Waals surface area contributed by atoms with Gasteiger partial charge < -0.3 is 19.9 Å². The van der Waals surface area contributed by atoms with Crippen LogP contribution in [0.1, 0.15) is 17.3 Å². The van der Waals surface area contributed by atoms with Crippen molar-refractivity contribution in [3.8, 4) is 5.75 Å². The molecule has 0 atom stereocenters. The largest absolute Gasteiger partial charge is 0.484 e. The summed E-state index contributed by atoms with van der Waals surface area (Å²) in [6.07, 6.45) is 0. The molecule has 1 heterocycles. The van der Waals surface area contributed by atoms with E-state index < -0.39 is 5.82 Å². The third-order valence-corrected chi connectivity index (χ3v) is 4.95. The van der Waals surface area contributed by atoms with E-state index in [0.29, 0.717) is 43.2 Å². The first-order valence-electron chi connectivity index (χ1n) is 9.81. The quantitative estimate of drug-likeness (QED) is 0.656. The van der Waals surface area contributed by atoms with Crippen molar-refractivity contribution in [2.24, 2.45) is 0 Å². The molecule has 2 amide bonds. The van der Waals surface area contributed by atoms with Crippen LogP contribution in [0, 0.1) is 5.82 Å². The summed E-state index contributed by atoms with van der Waals surface area (Å²) in [6, 6.07) is 12.5. The molecule has 0 aromatic heterocycles. The van der Waals surface area contributed by atoms with Gasteiger partial charge in [-0.25, -0.2) is 4.39 Å². The third-order valence-electron chi connectivity index (χ3n) is 4.95. The zero-order valence-corrected chi connectivity index (χ0v) is 16.8. The minimum Gasteiger partial charge on any atom is -0.484 e. The minimum atomic E-state index is -0.400. The molecule has 7 nitrogen and oxygen atoms in total. The zero-order chi connectivity index (χ0) is 21.5. The van der Waals surface area contributed by atoms with Crippen molar-refractivity contribution in [3.05, 3.63) is 59.9 Å². The van der Waals surface area contributed by atoms with Crippen LogP contribution in [-0.4, -0.2) is 61.8 Å². The van der Waals surface area contributed by atoms with E-state index in [-0.39, 0.29) is 30.7 Å². The number of halogens is 1. The smallest absolute Gasteiger partial charge is 0.279 e. The van der Waals surface area contributed by atoms with Crippen molar-refractivity contribution < 1.29 is 28.4 Å². The van der Waals surface area contributed by atoms with E-state index in [0.717, 1.165) is 4.90 Å². The second-order valence-corrected chi connectivity index (χ2v) is 7.24. The Labute approximate surface area is 174 Å². The number of carbonyl (C=O) groups excluding carboxylic acids is 3. The number of Topliss-reactive ketones (excluding diaryl/α,β-unsaturated/α-hetero) is 1. The summed E-state index contributed by atoms with van der Waals surface area (Å²) in [7, 11) is 0.